The molecule has 1 aromatic carbocycles. The van der Waals surface area contributed by atoms with Gasteiger partial charge >= 0.3 is 0 Å². The molecule has 1 aromatic rings. The molecule has 0 spiro atoms. The molecule has 1 rings (SSSR count). The van der Waals surface area contributed by atoms with Gasteiger partial charge in [-0.15, -0.1) is 0 Å². The van der Waals surface area contributed by atoms with Gasteiger partial charge in [-0.2, -0.15) is 0 Å². The van der Waals surface area contributed by atoms with Crippen molar-refractivity contribution in [2.24, 2.45) is 0 Å². The summed E-state index contributed by atoms with van der Waals surface area (Å²) in [5.74, 6) is 0.431. The highest BCUT2D eigenvalue weighted by atomic mass is 19.1. The Kier molecular flexibility index (Phi) is 5.56. The molecule has 18 heavy (non-hydrogen) atoms. The number of aliphatic hydroxyl groups excluding tert-OH is 1. The lowest BCUT2D eigenvalue weighted by atomic mass is 10.00. The van der Waals surface area contributed by atoms with E-state index in [2.05, 4.69) is 5.32 Å². The maximum atomic E-state index is 13.1. The molecule has 3 nitrogen and oxygen atoms in total. The van der Waals surface area contributed by atoms with Crippen LogP contribution in [0.15, 0.2) is 18.2 Å². The van der Waals surface area contributed by atoms with E-state index in [-0.39, 0.29) is 18.0 Å². The number of hydrogen-bond acceptors (Lipinski definition) is 3. The second-order valence-corrected chi connectivity index (χ2v) is 4.76. The first kappa shape index (κ1) is 14.9. The van der Waals surface area contributed by atoms with Crippen molar-refractivity contribution in [2.75, 3.05) is 19.8 Å². The topological polar surface area (TPSA) is 41.5 Å². The van der Waals surface area contributed by atoms with Crippen molar-refractivity contribution >= 4 is 0 Å². The number of aryl methyl sites for hydroxylation is 1. The van der Waals surface area contributed by atoms with E-state index < -0.39 is 0 Å². The summed E-state index contributed by atoms with van der Waals surface area (Å²) in [5, 5.41) is 12.6. The maximum Gasteiger partial charge on any atom is 0.126 e. The number of hydrogen-bond donors (Lipinski definition) is 2. The van der Waals surface area contributed by atoms with Gasteiger partial charge in [-0.1, -0.05) is 6.92 Å². The molecule has 102 valence electrons. The average molecular weight is 255 g/mol. The summed E-state index contributed by atoms with van der Waals surface area (Å²) in [6.45, 7) is 7.00. The Hall–Kier alpha value is -1.13. The first-order valence-corrected chi connectivity index (χ1v) is 6.25. The molecule has 0 saturated heterocycles. The van der Waals surface area contributed by atoms with Crippen molar-refractivity contribution in [1.29, 1.82) is 0 Å². The van der Waals surface area contributed by atoms with Gasteiger partial charge in [0.15, 0.2) is 0 Å². The quantitative estimate of drug-likeness (QED) is 0.785. The molecular formula is C14H22FNO2. The molecule has 0 amide bonds. The van der Waals surface area contributed by atoms with Gasteiger partial charge in [-0.3, -0.25) is 0 Å². The zero-order valence-corrected chi connectivity index (χ0v) is 11.3. The number of nitrogens with one attached hydrogen (secondary N) is 1. The van der Waals surface area contributed by atoms with E-state index in [0.29, 0.717) is 24.3 Å². The zero-order chi connectivity index (χ0) is 13.6. The van der Waals surface area contributed by atoms with Crippen molar-refractivity contribution in [3.63, 3.8) is 0 Å². The van der Waals surface area contributed by atoms with E-state index in [1.54, 1.807) is 19.1 Å². The lowest BCUT2D eigenvalue weighted by Crippen LogP contribution is -2.46. The Morgan fingerprint density at radius 2 is 2.17 bits per heavy atom. The molecule has 0 heterocycles. The number of benzene rings is 1. The van der Waals surface area contributed by atoms with Crippen LogP contribution in [0.2, 0.25) is 0 Å². The van der Waals surface area contributed by atoms with Crippen LogP contribution in [0.5, 0.6) is 5.75 Å². The van der Waals surface area contributed by atoms with Crippen molar-refractivity contribution in [3.05, 3.63) is 29.6 Å². The second kappa shape index (κ2) is 6.71. The summed E-state index contributed by atoms with van der Waals surface area (Å²) in [4.78, 5) is 0. The Balaban J connectivity index is 2.47. The highest BCUT2D eigenvalue weighted by Crippen LogP contribution is 2.17. The molecule has 0 aromatic heterocycles. The fourth-order valence-electron chi connectivity index (χ4n) is 1.75. The standard InChI is InChI=1S/C14H22FNO2/c1-4-16-14(3,10-17)7-8-18-12-5-6-13(15)11(2)9-12/h5-6,9,16-17H,4,7-8,10H2,1-3H3. The van der Waals surface area contributed by atoms with Crippen LogP contribution < -0.4 is 10.1 Å². The third-order valence-electron chi connectivity index (χ3n) is 3.00. The Morgan fingerprint density at radius 1 is 1.44 bits per heavy atom. The first-order valence-electron chi connectivity index (χ1n) is 6.25. The van der Waals surface area contributed by atoms with Crippen molar-refractivity contribution in [1.82, 2.24) is 5.32 Å². The molecule has 0 radical (unpaired) electrons. The summed E-state index contributed by atoms with van der Waals surface area (Å²) in [6.07, 6.45) is 0.688. The van der Waals surface area contributed by atoms with Crippen LogP contribution in [-0.4, -0.2) is 30.4 Å². The summed E-state index contributed by atoms with van der Waals surface area (Å²) in [7, 11) is 0. The van der Waals surface area contributed by atoms with E-state index in [4.69, 9.17) is 4.74 Å². The molecule has 0 aliphatic carbocycles. The van der Waals surface area contributed by atoms with Gasteiger partial charge in [-0.25, -0.2) is 4.39 Å². The molecule has 1 atom stereocenters. The molecule has 0 aliphatic heterocycles. The van der Waals surface area contributed by atoms with E-state index in [1.807, 2.05) is 13.8 Å². The molecule has 0 bridgehead atoms. The van der Waals surface area contributed by atoms with E-state index in [9.17, 15) is 9.50 Å². The third kappa shape index (κ3) is 4.27. The lowest BCUT2D eigenvalue weighted by molar-refractivity contribution is 0.146. The van der Waals surface area contributed by atoms with Crippen molar-refractivity contribution < 1.29 is 14.2 Å². The van der Waals surface area contributed by atoms with Gasteiger partial charge in [0.1, 0.15) is 11.6 Å². The zero-order valence-electron chi connectivity index (χ0n) is 11.3. The molecule has 2 N–H and O–H groups in total. The van der Waals surface area contributed by atoms with Crippen LogP contribution in [0.25, 0.3) is 0 Å². The SMILES string of the molecule is CCNC(C)(CO)CCOc1ccc(F)c(C)c1. The van der Waals surface area contributed by atoms with Crippen LogP contribution in [0.1, 0.15) is 25.8 Å². The van der Waals surface area contributed by atoms with Gasteiger partial charge in [0.05, 0.1) is 13.2 Å². The fraction of sp³-hybridized carbons (Fsp3) is 0.571. The molecular weight excluding hydrogens is 233 g/mol. The summed E-state index contributed by atoms with van der Waals surface area (Å²) < 4.78 is 18.6. The van der Waals surface area contributed by atoms with Crippen LogP contribution in [-0.2, 0) is 0 Å². The minimum absolute atomic E-state index is 0.0621. The molecule has 1 unspecified atom stereocenters. The Morgan fingerprint density at radius 3 is 2.72 bits per heavy atom. The summed E-state index contributed by atoms with van der Waals surface area (Å²) in [5.41, 5.74) is 0.244. The monoisotopic (exact) mass is 255 g/mol. The predicted molar refractivity (Wildman–Crippen MR) is 70.4 cm³/mol. The van der Waals surface area contributed by atoms with E-state index >= 15 is 0 Å². The van der Waals surface area contributed by atoms with Gasteiger partial charge in [0.25, 0.3) is 0 Å². The summed E-state index contributed by atoms with van der Waals surface area (Å²) >= 11 is 0. The third-order valence-corrected chi connectivity index (χ3v) is 3.00. The van der Waals surface area contributed by atoms with Crippen molar-refractivity contribution in [2.45, 2.75) is 32.7 Å². The maximum absolute atomic E-state index is 13.1. The lowest BCUT2D eigenvalue weighted by Gasteiger charge is -2.28. The molecule has 0 fully saturated rings. The van der Waals surface area contributed by atoms with Crippen molar-refractivity contribution in [3.8, 4) is 5.75 Å². The second-order valence-electron chi connectivity index (χ2n) is 4.76. The van der Waals surface area contributed by atoms with Gasteiger partial charge in [0.2, 0.25) is 0 Å². The number of ether oxygens (including phenoxy) is 1. The smallest absolute Gasteiger partial charge is 0.126 e. The van der Waals surface area contributed by atoms with E-state index in [1.165, 1.54) is 6.07 Å². The Bertz CT molecular complexity index is 384. The number of halogens is 1. The normalized spacial score (nSPS) is 14.3. The van der Waals surface area contributed by atoms with Gasteiger partial charge in [0, 0.05) is 12.0 Å². The summed E-state index contributed by atoms with van der Waals surface area (Å²) in [6, 6.07) is 4.70. The van der Waals surface area contributed by atoms with Crippen LogP contribution in [0, 0.1) is 12.7 Å². The number of aliphatic hydroxyl groups is 1. The highest BCUT2D eigenvalue weighted by Gasteiger charge is 2.21. The van der Waals surface area contributed by atoms with Gasteiger partial charge < -0.3 is 15.2 Å². The minimum Gasteiger partial charge on any atom is -0.494 e. The number of rotatable bonds is 7. The molecule has 4 heteroatoms. The van der Waals surface area contributed by atoms with Crippen LogP contribution >= 0.6 is 0 Å². The molecule has 0 saturated carbocycles. The Labute approximate surface area is 108 Å². The fourth-order valence-corrected chi connectivity index (χ4v) is 1.75. The van der Waals surface area contributed by atoms with Gasteiger partial charge in [-0.05, 0) is 44.2 Å². The minimum atomic E-state index is -0.330. The van der Waals surface area contributed by atoms with Crippen LogP contribution in [0.4, 0.5) is 4.39 Å². The van der Waals surface area contributed by atoms with E-state index in [0.717, 1.165) is 6.54 Å². The highest BCUT2D eigenvalue weighted by molar-refractivity contribution is 5.28. The predicted octanol–water partition coefficient (Wildman–Crippen LogP) is 2.26. The largest absolute Gasteiger partial charge is 0.494 e. The van der Waals surface area contributed by atoms with Crippen LogP contribution in [0.3, 0.4) is 0 Å². The number of likely N-dealkylation sites (N-methyl/N-ethyl adjacent to an activating group) is 1. The first-order chi connectivity index (χ1) is 8.50. The molecule has 0 aliphatic rings. The average Bonchev–Trinajstić information content (AvgIpc) is 2.34.